The van der Waals surface area contributed by atoms with Gasteiger partial charge in [-0.05, 0) is 35.2 Å². The van der Waals surface area contributed by atoms with Gasteiger partial charge in [-0.25, -0.2) is 0 Å². The normalized spacial score (nSPS) is 12.5. The van der Waals surface area contributed by atoms with E-state index in [0.717, 1.165) is 19.5 Å². The number of hydrogen-bond donors (Lipinski definition) is 1. The summed E-state index contributed by atoms with van der Waals surface area (Å²) in [5.74, 6) is 0.514. The topological polar surface area (TPSA) is 35.8 Å². The second-order valence-corrected chi connectivity index (χ2v) is 5.62. The first-order valence-corrected chi connectivity index (χ1v) is 7.28. The second-order valence-electron chi connectivity index (χ2n) is 5.62. The van der Waals surface area contributed by atoms with Crippen LogP contribution in [0.4, 0.5) is 0 Å². The quantitative estimate of drug-likeness (QED) is 0.808. The summed E-state index contributed by atoms with van der Waals surface area (Å²) in [6.07, 6.45) is 1.00. The molecule has 2 nitrogen and oxygen atoms in total. The van der Waals surface area contributed by atoms with Crippen LogP contribution in [0.3, 0.4) is 0 Å². The molecule has 0 heterocycles. The Kier molecular flexibility index (Phi) is 5.15. The van der Waals surface area contributed by atoms with E-state index in [-0.39, 0.29) is 5.92 Å². The van der Waals surface area contributed by atoms with Crippen molar-refractivity contribution >= 4 is 10.8 Å². The molecule has 0 saturated carbocycles. The zero-order chi connectivity index (χ0) is 14.4. The molecule has 0 aliphatic heterocycles. The molecule has 0 amide bonds. The van der Waals surface area contributed by atoms with Gasteiger partial charge in [-0.3, -0.25) is 0 Å². The Balaban J connectivity index is 1.85. The van der Waals surface area contributed by atoms with Crippen molar-refractivity contribution in [1.82, 2.24) is 5.32 Å². The van der Waals surface area contributed by atoms with E-state index >= 15 is 0 Å². The fourth-order valence-electron chi connectivity index (χ4n) is 2.31. The molecule has 0 bridgehead atoms. The van der Waals surface area contributed by atoms with Gasteiger partial charge < -0.3 is 5.32 Å². The van der Waals surface area contributed by atoms with Crippen molar-refractivity contribution in [3.05, 3.63) is 48.0 Å². The molecule has 2 heteroatoms. The number of fused-ring (bicyclic) bond motifs is 1. The number of nitrogens with zero attached hydrogens (tertiary/aromatic N) is 1. The summed E-state index contributed by atoms with van der Waals surface area (Å²) in [5, 5.41) is 15.0. The largest absolute Gasteiger partial charge is 0.315 e. The minimum atomic E-state index is 0.103. The van der Waals surface area contributed by atoms with Gasteiger partial charge in [0.2, 0.25) is 0 Å². The zero-order valence-corrected chi connectivity index (χ0v) is 12.3. The number of nitrogens with one attached hydrogen (secondary N) is 1. The van der Waals surface area contributed by atoms with E-state index in [2.05, 4.69) is 67.7 Å². The van der Waals surface area contributed by atoms with Crippen LogP contribution in [-0.4, -0.2) is 13.1 Å². The number of benzene rings is 2. The van der Waals surface area contributed by atoms with Crippen LogP contribution >= 0.6 is 0 Å². The highest BCUT2D eigenvalue weighted by Crippen LogP contribution is 2.15. The summed E-state index contributed by atoms with van der Waals surface area (Å²) in [7, 11) is 0. The predicted molar refractivity (Wildman–Crippen MR) is 84.5 cm³/mol. The van der Waals surface area contributed by atoms with E-state index in [9.17, 15) is 0 Å². The fraction of sp³-hybridized carbons (Fsp3) is 0.389. The van der Waals surface area contributed by atoms with Crippen LogP contribution in [0, 0.1) is 23.2 Å². The lowest BCUT2D eigenvalue weighted by atomic mass is 9.97. The third-order valence-corrected chi connectivity index (χ3v) is 3.74. The highest BCUT2D eigenvalue weighted by molar-refractivity contribution is 5.82. The molecule has 104 valence electrons. The van der Waals surface area contributed by atoms with E-state index in [1.54, 1.807) is 0 Å². The molecule has 0 fully saturated rings. The van der Waals surface area contributed by atoms with Crippen LogP contribution in [0.5, 0.6) is 0 Å². The van der Waals surface area contributed by atoms with E-state index in [1.807, 2.05) is 0 Å². The van der Waals surface area contributed by atoms with Gasteiger partial charge in [-0.1, -0.05) is 56.3 Å². The summed E-state index contributed by atoms with van der Waals surface area (Å²) in [6.45, 7) is 5.89. The average Bonchev–Trinajstić information content (AvgIpc) is 2.46. The molecule has 2 aromatic carbocycles. The maximum atomic E-state index is 9.04. The van der Waals surface area contributed by atoms with Gasteiger partial charge in [0.15, 0.2) is 0 Å². The van der Waals surface area contributed by atoms with Gasteiger partial charge in [0.25, 0.3) is 0 Å². The molecule has 1 N–H and O–H groups in total. The Labute approximate surface area is 121 Å². The Hall–Kier alpha value is -1.85. The van der Waals surface area contributed by atoms with Crippen molar-refractivity contribution in [3.63, 3.8) is 0 Å². The van der Waals surface area contributed by atoms with Gasteiger partial charge in [-0.15, -0.1) is 0 Å². The van der Waals surface area contributed by atoms with E-state index in [0.29, 0.717) is 5.92 Å². The lowest BCUT2D eigenvalue weighted by Crippen LogP contribution is -2.26. The first-order chi connectivity index (χ1) is 9.70. The van der Waals surface area contributed by atoms with E-state index < -0.39 is 0 Å². The third kappa shape index (κ3) is 3.82. The highest BCUT2D eigenvalue weighted by atomic mass is 14.9. The minimum absolute atomic E-state index is 0.103. The Bertz CT molecular complexity index is 596. The van der Waals surface area contributed by atoms with Crippen molar-refractivity contribution < 1.29 is 0 Å². The molecule has 2 aromatic rings. The second kappa shape index (κ2) is 7.07. The van der Waals surface area contributed by atoms with E-state index in [1.165, 1.54) is 16.3 Å². The molecule has 0 aliphatic carbocycles. The maximum Gasteiger partial charge on any atom is 0.0671 e. The van der Waals surface area contributed by atoms with Gasteiger partial charge in [0, 0.05) is 6.54 Å². The van der Waals surface area contributed by atoms with Crippen LogP contribution in [0.1, 0.15) is 19.4 Å². The van der Waals surface area contributed by atoms with Crippen LogP contribution in [0.2, 0.25) is 0 Å². The molecular weight excluding hydrogens is 244 g/mol. The molecule has 2 rings (SSSR count). The summed E-state index contributed by atoms with van der Waals surface area (Å²) in [6, 6.07) is 17.4. The summed E-state index contributed by atoms with van der Waals surface area (Å²) >= 11 is 0. The Morgan fingerprint density at radius 3 is 2.55 bits per heavy atom. The van der Waals surface area contributed by atoms with Crippen LogP contribution in [-0.2, 0) is 6.42 Å². The summed E-state index contributed by atoms with van der Waals surface area (Å²) < 4.78 is 0. The standard InChI is InChI=1S/C18H22N2/c1-14(2)18(12-19)13-20-10-9-15-7-8-16-5-3-4-6-17(16)11-15/h3-8,11,14,18,20H,9-10,13H2,1-2H3. The Morgan fingerprint density at radius 2 is 1.85 bits per heavy atom. The fourth-order valence-corrected chi connectivity index (χ4v) is 2.31. The maximum absolute atomic E-state index is 9.04. The molecule has 20 heavy (non-hydrogen) atoms. The van der Waals surface area contributed by atoms with Crippen LogP contribution in [0.15, 0.2) is 42.5 Å². The molecule has 1 atom stereocenters. The van der Waals surface area contributed by atoms with Gasteiger partial charge in [0.1, 0.15) is 0 Å². The highest BCUT2D eigenvalue weighted by Gasteiger charge is 2.10. The van der Waals surface area contributed by atoms with Crippen molar-refractivity contribution in [2.45, 2.75) is 20.3 Å². The minimum Gasteiger partial charge on any atom is -0.315 e. The van der Waals surface area contributed by atoms with Gasteiger partial charge in [0.05, 0.1) is 12.0 Å². The molecule has 0 spiro atoms. The SMILES string of the molecule is CC(C)C(C#N)CNCCc1ccc2ccccc2c1. The number of nitriles is 1. The van der Waals surface area contributed by atoms with Crippen molar-refractivity contribution in [3.8, 4) is 6.07 Å². The lowest BCUT2D eigenvalue weighted by molar-refractivity contribution is 0.444. The van der Waals surface area contributed by atoms with Crippen LogP contribution in [0.25, 0.3) is 10.8 Å². The third-order valence-electron chi connectivity index (χ3n) is 3.74. The molecule has 0 aromatic heterocycles. The monoisotopic (exact) mass is 266 g/mol. The average molecular weight is 266 g/mol. The van der Waals surface area contributed by atoms with Crippen molar-refractivity contribution in [2.75, 3.05) is 13.1 Å². The molecule has 0 saturated heterocycles. The van der Waals surface area contributed by atoms with Crippen molar-refractivity contribution in [2.24, 2.45) is 11.8 Å². The van der Waals surface area contributed by atoms with Gasteiger partial charge >= 0.3 is 0 Å². The van der Waals surface area contributed by atoms with Gasteiger partial charge in [-0.2, -0.15) is 5.26 Å². The molecule has 0 radical (unpaired) electrons. The molecular formula is C18H22N2. The molecule has 0 aliphatic rings. The number of hydrogen-bond acceptors (Lipinski definition) is 2. The molecule has 1 unspecified atom stereocenters. The summed E-state index contributed by atoms with van der Waals surface area (Å²) in [5.41, 5.74) is 1.34. The van der Waals surface area contributed by atoms with Crippen molar-refractivity contribution in [1.29, 1.82) is 5.26 Å². The zero-order valence-electron chi connectivity index (χ0n) is 12.3. The first-order valence-electron chi connectivity index (χ1n) is 7.28. The first kappa shape index (κ1) is 14.6. The summed E-state index contributed by atoms with van der Waals surface area (Å²) in [4.78, 5) is 0. The number of rotatable bonds is 6. The smallest absolute Gasteiger partial charge is 0.0671 e. The van der Waals surface area contributed by atoms with Crippen LogP contribution < -0.4 is 5.32 Å². The predicted octanol–water partition coefficient (Wildman–Crippen LogP) is 3.77. The lowest BCUT2D eigenvalue weighted by Gasteiger charge is -2.13. The Morgan fingerprint density at radius 1 is 1.10 bits per heavy atom. The van der Waals surface area contributed by atoms with E-state index in [4.69, 9.17) is 5.26 Å².